The first-order valence-electron chi connectivity index (χ1n) is 9.46. The molecule has 1 aliphatic heterocycles. The lowest BCUT2D eigenvalue weighted by Gasteiger charge is -2.36. The molecule has 152 valence electrons. The summed E-state index contributed by atoms with van der Waals surface area (Å²) in [5.74, 6) is 0.842. The fraction of sp³-hybridized carbons (Fsp3) is 0.286. The zero-order valence-corrected chi connectivity index (χ0v) is 17.7. The fourth-order valence-corrected chi connectivity index (χ4v) is 3.73. The molecule has 1 amide bonds. The maximum Gasteiger partial charge on any atom is 0.294 e. The zero-order chi connectivity index (χ0) is 19.5. The molecule has 0 saturated carbocycles. The molecule has 1 fully saturated rings. The SMILES string of the molecule is CCc1nc(C(=O)N2CCNCC2c2cccc(Cl)c2)nn1-c1ccccc1.Cl. The summed E-state index contributed by atoms with van der Waals surface area (Å²) in [5, 5.41) is 8.56. The standard InChI is InChI=1S/C21H22ClN5O.ClH/c1-2-19-24-20(25-27(19)17-9-4-3-5-10-17)21(28)26-12-11-23-14-18(26)15-7-6-8-16(22)13-15;/h3-10,13,18,23H,2,11-12,14H2,1H3;1H. The third-order valence-corrected chi connectivity index (χ3v) is 5.16. The maximum absolute atomic E-state index is 13.3. The van der Waals surface area contributed by atoms with E-state index in [0.29, 0.717) is 24.5 Å². The lowest BCUT2D eigenvalue weighted by molar-refractivity contribution is 0.0621. The fourth-order valence-electron chi connectivity index (χ4n) is 3.53. The number of amides is 1. The second-order valence-corrected chi connectivity index (χ2v) is 7.16. The highest BCUT2D eigenvalue weighted by Gasteiger charge is 2.31. The number of halogens is 2. The summed E-state index contributed by atoms with van der Waals surface area (Å²) in [5.41, 5.74) is 1.91. The van der Waals surface area contributed by atoms with Crippen LogP contribution >= 0.6 is 24.0 Å². The molecule has 1 unspecified atom stereocenters. The summed E-state index contributed by atoms with van der Waals surface area (Å²) in [7, 11) is 0. The molecule has 0 aliphatic carbocycles. The normalized spacial score (nSPS) is 16.3. The summed E-state index contributed by atoms with van der Waals surface area (Å²) in [6, 6.07) is 17.3. The molecule has 1 atom stereocenters. The van der Waals surface area contributed by atoms with Gasteiger partial charge in [0.15, 0.2) is 0 Å². The van der Waals surface area contributed by atoms with E-state index >= 15 is 0 Å². The third-order valence-electron chi connectivity index (χ3n) is 4.92. The van der Waals surface area contributed by atoms with Gasteiger partial charge in [0.05, 0.1) is 11.7 Å². The number of carbonyl (C=O) groups is 1. The van der Waals surface area contributed by atoms with Crippen molar-refractivity contribution in [3.63, 3.8) is 0 Å². The second-order valence-electron chi connectivity index (χ2n) is 6.73. The minimum Gasteiger partial charge on any atom is -0.326 e. The smallest absolute Gasteiger partial charge is 0.294 e. The minimum absolute atomic E-state index is 0. The van der Waals surface area contributed by atoms with Crippen LogP contribution in [0.15, 0.2) is 54.6 Å². The molecule has 6 nitrogen and oxygen atoms in total. The Hall–Kier alpha value is -2.41. The molecule has 3 aromatic rings. The van der Waals surface area contributed by atoms with Gasteiger partial charge in [-0.1, -0.05) is 48.9 Å². The number of carbonyl (C=O) groups excluding carboxylic acids is 1. The van der Waals surface area contributed by atoms with E-state index in [1.54, 1.807) is 4.68 Å². The van der Waals surface area contributed by atoms with E-state index in [9.17, 15) is 4.79 Å². The Labute approximate surface area is 181 Å². The van der Waals surface area contributed by atoms with Gasteiger partial charge in [-0.3, -0.25) is 4.79 Å². The van der Waals surface area contributed by atoms with E-state index in [4.69, 9.17) is 11.6 Å². The van der Waals surface area contributed by atoms with E-state index in [0.717, 1.165) is 23.6 Å². The average Bonchev–Trinajstić information content (AvgIpc) is 3.18. The van der Waals surface area contributed by atoms with E-state index < -0.39 is 0 Å². The maximum atomic E-state index is 13.3. The van der Waals surface area contributed by atoms with Crippen molar-refractivity contribution in [2.45, 2.75) is 19.4 Å². The number of aryl methyl sites for hydroxylation is 1. The zero-order valence-electron chi connectivity index (χ0n) is 16.1. The van der Waals surface area contributed by atoms with Gasteiger partial charge >= 0.3 is 0 Å². The summed E-state index contributed by atoms with van der Waals surface area (Å²) in [6.07, 6.45) is 0.689. The highest BCUT2D eigenvalue weighted by molar-refractivity contribution is 6.30. The van der Waals surface area contributed by atoms with Crippen molar-refractivity contribution in [2.24, 2.45) is 0 Å². The van der Waals surface area contributed by atoms with Crippen molar-refractivity contribution >= 4 is 29.9 Å². The van der Waals surface area contributed by atoms with Gasteiger partial charge in [-0.2, -0.15) is 0 Å². The van der Waals surface area contributed by atoms with Gasteiger partial charge in [0, 0.05) is 31.1 Å². The van der Waals surface area contributed by atoms with Gasteiger partial charge in [-0.15, -0.1) is 17.5 Å². The Kier molecular flexibility index (Phi) is 6.90. The second kappa shape index (κ2) is 9.39. The lowest BCUT2D eigenvalue weighted by Crippen LogP contribution is -2.49. The number of hydrogen-bond donors (Lipinski definition) is 1. The van der Waals surface area contributed by atoms with Crippen LogP contribution in [0, 0.1) is 0 Å². The van der Waals surface area contributed by atoms with Crippen molar-refractivity contribution < 1.29 is 4.79 Å². The Morgan fingerprint density at radius 2 is 2.00 bits per heavy atom. The number of hydrogen-bond acceptors (Lipinski definition) is 4. The molecule has 0 spiro atoms. The van der Waals surface area contributed by atoms with Crippen LogP contribution in [0.3, 0.4) is 0 Å². The van der Waals surface area contributed by atoms with Crippen LogP contribution in [0.25, 0.3) is 5.69 Å². The number of para-hydroxylation sites is 1. The molecule has 2 aromatic carbocycles. The summed E-state index contributed by atoms with van der Waals surface area (Å²) in [4.78, 5) is 19.7. The van der Waals surface area contributed by atoms with Gasteiger partial charge < -0.3 is 10.2 Å². The van der Waals surface area contributed by atoms with Crippen molar-refractivity contribution in [1.82, 2.24) is 25.0 Å². The summed E-state index contributed by atoms with van der Waals surface area (Å²) < 4.78 is 1.75. The molecule has 8 heteroatoms. The molecule has 2 heterocycles. The van der Waals surface area contributed by atoms with Crippen molar-refractivity contribution in [1.29, 1.82) is 0 Å². The van der Waals surface area contributed by atoms with Gasteiger partial charge in [0.25, 0.3) is 5.91 Å². The van der Waals surface area contributed by atoms with E-state index in [1.807, 2.05) is 66.4 Å². The van der Waals surface area contributed by atoms with Crippen molar-refractivity contribution in [3.8, 4) is 5.69 Å². The molecule has 1 aromatic heterocycles. The van der Waals surface area contributed by atoms with Crippen LogP contribution in [-0.4, -0.2) is 45.2 Å². The van der Waals surface area contributed by atoms with Crippen LogP contribution in [0.1, 0.15) is 35.0 Å². The number of piperazine rings is 1. The Balaban J connectivity index is 0.00000240. The average molecular weight is 432 g/mol. The van der Waals surface area contributed by atoms with Crippen LogP contribution < -0.4 is 5.32 Å². The predicted molar refractivity (Wildman–Crippen MR) is 116 cm³/mol. The van der Waals surface area contributed by atoms with E-state index in [2.05, 4.69) is 15.4 Å². The predicted octanol–water partition coefficient (Wildman–Crippen LogP) is 3.69. The first-order valence-corrected chi connectivity index (χ1v) is 9.83. The molecule has 29 heavy (non-hydrogen) atoms. The van der Waals surface area contributed by atoms with Crippen LogP contribution in [-0.2, 0) is 6.42 Å². The molecule has 4 rings (SSSR count). The largest absolute Gasteiger partial charge is 0.326 e. The van der Waals surface area contributed by atoms with Gasteiger partial charge in [-0.25, -0.2) is 9.67 Å². The van der Waals surface area contributed by atoms with Crippen LogP contribution in [0.4, 0.5) is 0 Å². The third kappa shape index (κ3) is 4.45. The van der Waals surface area contributed by atoms with Crippen LogP contribution in [0.2, 0.25) is 5.02 Å². The topological polar surface area (TPSA) is 63.1 Å². The molecule has 1 aliphatic rings. The first-order chi connectivity index (χ1) is 13.7. The van der Waals surface area contributed by atoms with E-state index in [-0.39, 0.29) is 30.2 Å². The number of nitrogens with one attached hydrogen (secondary N) is 1. The Morgan fingerprint density at radius 1 is 1.21 bits per heavy atom. The summed E-state index contributed by atoms with van der Waals surface area (Å²) >= 11 is 6.17. The van der Waals surface area contributed by atoms with Gasteiger partial charge in [-0.05, 0) is 29.8 Å². The number of aromatic nitrogens is 3. The highest BCUT2D eigenvalue weighted by atomic mass is 35.5. The monoisotopic (exact) mass is 431 g/mol. The Bertz CT molecular complexity index is 976. The minimum atomic E-state index is -0.157. The quantitative estimate of drug-likeness (QED) is 0.683. The molecular weight excluding hydrogens is 409 g/mol. The molecule has 1 saturated heterocycles. The van der Waals surface area contributed by atoms with Crippen molar-refractivity contribution in [3.05, 3.63) is 76.8 Å². The first kappa shape index (κ1) is 21.3. The van der Waals surface area contributed by atoms with Gasteiger partial charge in [0.1, 0.15) is 5.82 Å². The number of rotatable bonds is 4. The molecular formula is C21H23Cl2N5O. The number of nitrogens with zero attached hydrogens (tertiary/aromatic N) is 4. The molecule has 1 N–H and O–H groups in total. The lowest BCUT2D eigenvalue weighted by atomic mass is 10.0. The van der Waals surface area contributed by atoms with Gasteiger partial charge in [0.2, 0.25) is 5.82 Å². The van der Waals surface area contributed by atoms with Crippen molar-refractivity contribution in [2.75, 3.05) is 19.6 Å². The van der Waals surface area contributed by atoms with Crippen LogP contribution in [0.5, 0.6) is 0 Å². The number of benzene rings is 2. The molecule has 0 bridgehead atoms. The summed E-state index contributed by atoms with van der Waals surface area (Å²) in [6.45, 7) is 4.02. The van der Waals surface area contributed by atoms with E-state index in [1.165, 1.54) is 0 Å². The highest BCUT2D eigenvalue weighted by Crippen LogP contribution is 2.26. The molecule has 0 radical (unpaired) electrons. The Morgan fingerprint density at radius 3 is 2.72 bits per heavy atom.